The lowest BCUT2D eigenvalue weighted by Gasteiger charge is -2.05. The Hall–Kier alpha value is -1.08. The highest BCUT2D eigenvalue weighted by molar-refractivity contribution is 6.33. The van der Waals surface area contributed by atoms with E-state index in [-0.39, 0.29) is 0 Å². The third-order valence-electron chi connectivity index (χ3n) is 1.78. The van der Waals surface area contributed by atoms with Crippen LogP contribution >= 0.6 is 0 Å². The van der Waals surface area contributed by atoms with Crippen molar-refractivity contribution in [3.05, 3.63) is 29.8 Å². The van der Waals surface area contributed by atoms with Crippen LogP contribution in [0, 0.1) is 0 Å². The van der Waals surface area contributed by atoms with Gasteiger partial charge in [0.15, 0.2) is 5.75 Å². The summed E-state index contributed by atoms with van der Waals surface area (Å²) < 4.78 is 0. The van der Waals surface area contributed by atoms with Gasteiger partial charge in [0.2, 0.25) is 0 Å². The van der Waals surface area contributed by atoms with E-state index in [1.54, 1.807) is 12.1 Å². The standard InChI is InChI=1S/C9H13BO5/c1-2-3-8-4-6-9(7-5-8)13-15-10(11)14-12/h4-7,11-12H,2-3H2,1H3. The summed E-state index contributed by atoms with van der Waals surface area (Å²) in [7, 11) is -1.81. The fourth-order valence-electron chi connectivity index (χ4n) is 1.11. The van der Waals surface area contributed by atoms with E-state index >= 15 is 0 Å². The van der Waals surface area contributed by atoms with E-state index in [0.717, 1.165) is 12.8 Å². The molecule has 0 saturated carbocycles. The summed E-state index contributed by atoms with van der Waals surface area (Å²) in [5.74, 6) is 0.422. The molecular formula is C9H13BO5. The molecule has 5 nitrogen and oxygen atoms in total. The van der Waals surface area contributed by atoms with Gasteiger partial charge in [-0.3, -0.25) is 5.26 Å². The van der Waals surface area contributed by atoms with Gasteiger partial charge in [-0.05, 0) is 24.1 Å². The van der Waals surface area contributed by atoms with Crippen LogP contribution in [0.25, 0.3) is 0 Å². The second-order valence-electron chi connectivity index (χ2n) is 2.99. The Morgan fingerprint density at radius 1 is 1.27 bits per heavy atom. The Bertz CT molecular complexity index is 276. The first-order valence-electron chi connectivity index (χ1n) is 4.66. The molecule has 6 heteroatoms. The fraction of sp³-hybridized carbons (Fsp3) is 0.333. The number of hydrogen-bond acceptors (Lipinski definition) is 5. The lowest BCUT2D eigenvalue weighted by atomic mass is 10.1. The molecule has 0 bridgehead atoms. The third kappa shape index (κ3) is 4.31. The molecular weight excluding hydrogens is 199 g/mol. The van der Waals surface area contributed by atoms with E-state index < -0.39 is 7.32 Å². The zero-order valence-electron chi connectivity index (χ0n) is 8.42. The summed E-state index contributed by atoms with van der Waals surface area (Å²) in [6, 6.07) is 7.20. The monoisotopic (exact) mass is 212 g/mol. The third-order valence-corrected chi connectivity index (χ3v) is 1.78. The summed E-state index contributed by atoms with van der Waals surface area (Å²) in [6.45, 7) is 2.10. The van der Waals surface area contributed by atoms with Crippen LogP contribution < -0.4 is 4.89 Å². The zero-order chi connectivity index (χ0) is 11.1. The Balaban J connectivity index is 2.42. The summed E-state index contributed by atoms with van der Waals surface area (Å²) in [5, 5.41) is 16.6. The molecule has 1 aromatic carbocycles. The summed E-state index contributed by atoms with van der Waals surface area (Å²) in [4.78, 5) is 12.4. The Kier molecular flexibility index (Phi) is 5.13. The molecule has 0 spiro atoms. The minimum Gasteiger partial charge on any atom is -0.398 e. The molecule has 15 heavy (non-hydrogen) atoms. The Morgan fingerprint density at radius 3 is 2.47 bits per heavy atom. The van der Waals surface area contributed by atoms with E-state index in [2.05, 4.69) is 21.4 Å². The quantitative estimate of drug-likeness (QED) is 0.424. The van der Waals surface area contributed by atoms with E-state index in [1.807, 2.05) is 12.1 Å². The van der Waals surface area contributed by atoms with Gasteiger partial charge < -0.3 is 9.91 Å². The van der Waals surface area contributed by atoms with E-state index in [9.17, 15) is 0 Å². The smallest absolute Gasteiger partial charge is 0.398 e. The maximum absolute atomic E-state index is 8.64. The van der Waals surface area contributed by atoms with Crippen molar-refractivity contribution in [3.8, 4) is 5.75 Å². The van der Waals surface area contributed by atoms with Crippen LogP contribution in [-0.2, 0) is 16.0 Å². The molecule has 1 rings (SSSR count). The average Bonchev–Trinajstić information content (AvgIpc) is 2.28. The van der Waals surface area contributed by atoms with Crippen LogP contribution in [0.1, 0.15) is 18.9 Å². The lowest BCUT2D eigenvalue weighted by molar-refractivity contribution is -0.229. The minimum atomic E-state index is -1.81. The number of aryl methyl sites for hydroxylation is 1. The van der Waals surface area contributed by atoms with Crippen LogP contribution in [0.4, 0.5) is 0 Å². The van der Waals surface area contributed by atoms with Gasteiger partial charge in [-0.15, -0.1) is 0 Å². The van der Waals surface area contributed by atoms with Crippen LogP contribution in [-0.4, -0.2) is 17.6 Å². The molecule has 0 fully saturated rings. The summed E-state index contributed by atoms with van der Waals surface area (Å²) in [6.07, 6.45) is 2.08. The van der Waals surface area contributed by atoms with Crippen LogP contribution in [0.2, 0.25) is 0 Å². The number of benzene rings is 1. The van der Waals surface area contributed by atoms with Crippen molar-refractivity contribution < 1.29 is 24.8 Å². The molecule has 0 aliphatic rings. The van der Waals surface area contributed by atoms with Gasteiger partial charge in [-0.2, -0.15) is 4.81 Å². The Labute approximate surface area is 88.2 Å². The van der Waals surface area contributed by atoms with Crippen LogP contribution in [0.5, 0.6) is 5.75 Å². The van der Waals surface area contributed by atoms with Crippen LogP contribution in [0.15, 0.2) is 24.3 Å². The highest BCUT2D eigenvalue weighted by Gasteiger charge is 2.17. The molecule has 0 aliphatic carbocycles. The molecule has 1 aromatic rings. The first-order chi connectivity index (χ1) is 7.26. The average molecular weight is 212 g/mol. The second kappa shape index (κ2) is 6.42. The maximum Gasteiger partial charge on any atom is 0.703 e. The molecule has 0 amide bonds. The van der Waals surface area contributed by atoms with Crippen molar-refractivity contribution in [1.29, 1.82) is 0 Å². The van der Waals surface area contributed by atoms with Gasteiger partial charge in [0.1, 0.15) is 0 Å². The van der Waals surface area contributed by atoms with Gasteiger partial charge in [-0.25, -0.2) is 4.81 Å². The van der Waals surface area contributed by atoms with Crippen molar-refractivity contribution >= 4 is 7.32 Å². The van der Waals surface area contributed by atoms with Crippen molar-refractivity contribution in [2.45, 2.75) is 19.8 Å². The molecule has 2 N–H and O–H groups in total. The molecule has 82 valence electrons. The molecule has 0 aliphatic heterocycles. The van der Waals surface area contributed by atoms with Gasteiger partial charge >= 0.3 is 7.32 Å². The first kappa shape index (κ1) is 12.0. The number of rotatable bonds is 6. The number of hydrogen-bond donors (Lipinski definition) is 2. The van der Waals surface area contributed by atoms with Crippen molar-refractivity contribution in [3.63, 3.8) is 0 Å². The van der Waals surface area contributed by atoms with Gasteiger partial charge in [-0.1, -0.05) is 25.5 Å². The molecule has 0 atom stereocenters. The fourth-order valence-corrected chi connectivity index (χ4v) is 1.11. The predicted octanol–water partition coefficient (Wildman–Crippen LogP) is 1.42. The van der Waals surface area contributed by atoms with Gasteiger partial charge in [0, 0.05) is 0 Å². The van der Waals surface area contributed by atoms with Gasteiger partial charge in [0.25, 0.3) is 0 Å². The molecule has 0 saturated heterocycles. The SMILES string of the molecule is CCCc1ccc(OOB(O)OO)cc1. The highest BCUT2D eigenvalue weighted by Crippen LogP contribution is 2.13. The second-order valence-corrected chi connectivity index (χ2v) is 2.99. The molecule has 0 heterocycles. The highest BCUT2D eigenvalue weighted by atomic mass is 17.3. The minimum absolute atomic E-state index is 0.422. The summed E-state index contributed by atoms with van der Waals surface area (Å²) >= 11 is 0. The zero-order valence-corrected chi connectivity index (χ0v) is 8.42. The molecule has 0 unspecified atom stereocenters. The van der Waals surface area contributed by atoms with Gasteiger partial charge in [0.05, 0.1) is 0 Å². The van der Waals surface area contributed by atoms with E-state index in [1.165, 1.54) is 5.56 Å². The molecule has 0 radical (unpaired) electrons. The van der Waals surface area contributed by atoms with Crippen molar-refractivity contribution in [1.82, 2.24) is 0 Å². The van der Waals surface area contributed by atoms with Crippen LogP contribution in [0.3, 0.4) is 0 Å². The van der Waals surface area contributed by atoms with Crippen molar-refractivity contribution in [2.75, 3.05) is 0 Å². The summed E-state index contributed by atoms with van der Waals surface area (Å²) in [5.41, 5.74) is 1.20. The van der Waals surface area contributed by atoms with E-state index in [0.29, 0.717) is 5.75 Å². The Morgan fingerprint density at radius 2 is 1.93 bits per heavy atom. The largest absolute Gasteiger partial charge is 0.703 e. The topological polar surface area (TPSA) is 68.2 Å². The predicted molar refractivity (Wildman–Crippen MR) is 53.8 cm³/mol. The first-order valence-corrected chi connectivity index (χ1v) is 4.66. The lowest BCUT2D eigenvalue weighted by Crippen LogP contribution is -2.22. The normalized spacial score (nSPS) is 10.1. The maximum atomic E-state index is 8.64. The molecule has 0 aromatic heterocycles. The van der Waals surface area contributed by atoms with Crippen molar-refractivity contribution in [2.24, 2.45) is 0 Å². The van der Waals surface area contributed by atoms with E-state index in [4.69, 9.17) is 10.3 Å².